The van der Waals surface area contributed by atoms with E-state index >= 15 is 0 Å². The summed E-state index contributed by atoms with van der Waals surface area (Å²) in [6, 6.07) is 11.1. The maximum absolute atomic E-state index is 12.0. The van der Waals surface area contributed by atoms with Gasteiger partial charge in [0.25, 0.3) is 5.91 Å². The third-order valence-electron chi connectivity index (χ3n) is 3.02. The number of para-hydroxylation sites is 1. The van der Waals surface area contributed by atoms with Crippen LogP contribution in [0.15, 0.2) is 40.8 Å². The molecule has 0 aliphatic heterocycles. The average molecular weight is 308 g/mol. The molecule has 1 N–H and O–H groups in total. The van der Waals surface area contributed by atoms with Crippen LogP contribution in [0.25, 0.3) is 0 Å². The molecule has 0 aliphatic carbocycles. The van der Waals surface area contributed by atoms with Crippen molar-refractivity contribution in [3.05, 3.63) is 53.5 Å². The maximum atomic E-state index is 12.0. The zero-order valence-electron chi connectivity index (χ0n) is 12.1. The summed E-state index contributed by atoms with van der Waals surface area (Å²) in [6.45, 7) is 4.07. The van der Waals surface area contributed by atoms with Gasteiger partial charge >= 0.3 is 0 Å². The number of hydrogen-bond donors (Lipinski definition) is 1. The topological polar surface area (TPSA) is 51.5 Å². The first-order valence-corrected chi connectivity index (χ1v) is 7.28. The van der Waals surface area contributed by atoms with E-state index < -0.39 is 0 Å². The van der Waals surface area contributed by atoms with Crippen molar-refractivity contribution in [3.63, 3.8) is 0 Å². The summed E-state index contributed by atoms with van der Waals surface area (Å²) >= 11 is 5.76. The molecule has 2 rings (SSSR count). The number of rotatable bonds is 6. The summed E-state index contributed by atoms with van der Waals surface area (Å²) in [5.41, 5.74) is 0.829. The minimum absolute atomic E-state index is 0.139. The first-order valence-electron chi connectivity index (χ1n) is 6.75. The maximum Gasteiger partial charge on any atom is 0.287 e. The van der Waals surface area contributed by atoms with Gasteiger partial charge in [0, 0.05) is 5.56 Å². The van der Waals surface area contributed by atoms with Gasteiger partial charge in [-0.05, 0) is 32.0 Å². The minimum atomic E-state index is -0.266. The highest BCUT2D eigenvalue weighted by atomic mass is 35.5. The zero-order chi connectivity index (χ0) is 15.2. The van der Waals surface area contributed by atoms with Crippen molar-refractivity contribution in [3.8, 4) is 5.75 Å². The van der Waals surface area contributed by atoms with Gasteiger partial charge in [0.05, 0.1) is 12.4 Å². The Balaban J connectivity index is 1.85. The summed E-state index contributed by atoms with van der Waals surface area (Å²) in [7, 11) is 0. The molecule has 112 valence electrons. The number of halogens is 1. The van der Waals surface area contributed by atoms with Crippen molar-refractivity contribution in [1.82, 2.24) is 5.32 Å². The predicted molar refractivity (Wildman–Crippen MR) is 81.9 cm³/mol. The molecule has 0 aliphatic rings. The predicted octanol–water partition coefficient (Wildman–Crippen LogP) is 3.52. The Morgan fingerprint density at radius 1 is 1.38 bits per heavy atom. The van der Waals surface area contributed by atoms with E-state index in [0.29, 0.717) is 18.2 Å². The van der Waals surface area contributed by atoms with E-state index in [-0.39, 0.29) is 17.8 Å². The molecule has 1 aromatic heterocycles. The van der Waals surface area contributed by atoms with Crippen molar-refractivity contribution in [2.75, 3.05) is 6.54 Å². The van der Waals surface area contributed by atoms with Crippen LogP contribution in [0.1, 0.15) is 28.8 Å². The standard InChI is InChI=1S/C16H18ClNO3/c1-11(20-14-6-4-3-5-7-14)10-18-16(19)15-8-13(9-17)12(2)21-15/h3-8,11H,9-10H2,1-2H3,(H,18,19). The molecule has 1 unspecified atom stereocenters. The minimum Gasteiger partial charge on any atom is -0.489 e. The van der Waals surface area contributed by atoms with Crippen molar-refractivity contribution >= 4 is 17.5 Å². The lowest BCUT2D eigenvalue weighted by Gasteiger charge is -2.14. The fourth-order valence-electron chi connectivity index (χ4n) is 1.86. The first kappa shape index (κ1) is 15.4. The molecule has 1 atom stereocenters. The van der Waals surface area contributed by atoms with Crippen LogP contribution in [0, 0.1) is 6.92 Å². The van der Waals surface area contributed by atoms with Gasteiger partial charge in [0.2, 0.25) is 0 Å². The van der Waals surface area contributed by atoms with Gasteiger partial charge in [0.1, 0.15) is 17.6 Å². The molecule has 21 heavy (non-hydrogen) atoms. The molecule has 2 aromatic rings. The van der Waals surface area contributed by atoms with E-state index in [4.69, 9.17) is 20.8 Å². The number of alkyl halides is 1. The number of ether oxygens (including phenoxy) is 1. The van der Waals surface area contributed by atoms with Crippen LogP contribution in [-0.4, -0.2) is 18.6 Å². The molecule has 1 amide bonds. The molecule has 0 saturated heterocycles. The van der Waals surface area contributed by atoms with Crippen molar-refractivity contribution in [2.45, 2.75) is 25.8 Å². The average Bonchev–Trinajstić information content (AvgIpc) is 2.87. The van der Waals surface area contributed by atoms with Gasteiger partial charge < -0.3 is 14.5 Å². The summed E-state index contributed by atoms with van der Waals surface area (Å²) in [6.07, 6.45) is -0.139. The van der Waals surface area contributed by atoms with E-state index in [0.717, 1.165) is 11.3 Å². The molecule has 1 aromatic carbocycles. The van der Waals surface area contributed by atoms with Crippen molar-refractivity contribution in [2.24, 2.45) is 0 Å². The number of carbonyl (C=O) groups excluding carboxylic acids is 1. The quantitative estimate of drug-likeness (QED) is 0.831. The number of hydrogen-bond acceptors (Lipinski definition) is 3. The summed E-state index contributed by atoms with van der Waals surface area (Å²) in [4.78, 5) is 12.0. The monoisotopic (exact) mass is 307 g/mol. The number of furan rings is 1. The molecule has 0 bridgehead atoms. The Hall–Kier alpha value is -1.94. The summed E-state index contributed by atoms with van der Waals surface area (Å²) in [5, 5.41) is 2.78. The molecule has 4 nitrogen and oxygen atoms in total. The second-order valence-corrected chi connectivity index (χ2v) is 5.04. The van der Waals surface area contributed by atoms with Gasteiger partial charge in [-0.1, -0.05) is 18.2 Å². The van der Waals surface area contributed by atoms with Crippen LogP contribution in [0.3, 0.4) is 0 Å². The van der Waals surface area contributed by atoms with Crippen LogP contribution in [0.4, 0.5) is 0 Å². The van der Waals surface area contributed by atoms with Gasteiger partial charge in [-0.2, -0.15) is 0 Å². The smallest absolute Gasteiger partial charge is 0.287 e. The zero-order valence-corrected chi connectivity index (χ0v) is 12.8. The highest BCUT2D eigenvalue weighted by molar-refractivity contribution is 6.17. The van der Waals surface area contributed by atoms with Crippen molar-refractivity contribution < 1.29 is 13.9 Å². The van der Waals surface area contributed by atoms with E-state index in [2.05, 4.69) is 5.32 Å². The van der Waals surface area contributed by atoms with E-state index in [1.165, 1.54) is 0 Å². The fraction of sp³-hybridized carbons (Fsp3) is 0.312. The lowest BCUT2D eigenvalue weighted by molar-refractivity contribution is 0.0903. The van der Waals surface area contributed by atoms with Gasteiger partial charge in [0.15, 0.2) is 5.76 Å². The number of aryl methyl sites for hydroxylation is 1. The third-order valence-corrected chi connectivity index (χ3v) is 3.31. The van der Waals surface area contributed by atoms with Gasteiger partial charge in [-0.3, -0.25) is 4.79 Å². The Kier molecular flexibility index (Phi) is 5.28. The second kappa shape index (κ2) is 7.18. The summed E-state index contributed by atoms with van der Waals surface area (Å²) in [5.74, 6) is 1.78. The molecule has 1 heterocycles. The number of amides is 1. The number of benzene rings is 1. The van der Waals surface area contributed by atoms with Gasteiger partial charge in [-0.25, -0.2) is 0 Å². The van der Waals surface area contributed by atoms with E-state index in [1.54, 1.807) is 13.0 Å². The normalized spacial score (nSPS) is 12.0. The molecular weight excluding hydrogens is 290 g/mol. The molecular formula is C16H18ClNO3. The Labute approximate surface area is 129 Å². The van der Waals surface area contributed by atoms with E-state index in [1.807, 2.05) is 37.3 Å². The highest BCUT2D eigenvalue weighted by Crippen LogP contribution is 2.16. The Bertz CT molecular complexity index is 595. The molecule has 0 radical (unpaired) electrons. The van der Waals surface area contributed by atoms with Crippen LogP contribution in [0.5, 0.6) is 5.75 Å². The third kappa shape index (κ3) is 4.26. The van der Waals surface area contributed by atoms with Crippen LogP contribution in [-0.2, 0) is 5.88 Å². The number of nitrogens with one attached hydrogen (secondary N) is 1. The van der Waals surface area contributed by atoms with Gasteiger partial charge in [-0.15, -0.1) is 11.6 Å². The van der Waals surface area contributed by atoms with Crippen molar-refractivity contribution in [1.29, 1.82) is 0 Å². The molecule has 5 heteroatoms. The van der Waals surface area contributed by atoms with E-state index in [9.17, 15) is 4.79 Å². The second-order valence-electron chi connectivity index (χ2n) is 4.78. The first-order chi connectivity index (χ1) is 10.1. The Morgan fingerprint density at radius 2 is 2.10 bits per heavy atom. The largest absolute Gasteiger partial charge is 0.489 e. The number of carbonyl (C=O) groups is 1. The summed E-state index contributed by atoms with van der Waals surface area (Å²) < 4.78 is 11.1. The molecule has 0 saturated carbocycles. The fourth-order valence-corrected chi connectivity index (χ4v) is 2.13. The Morgan fingerprint density at radius 3 is 2.71 bits per heavy atom. The van der Waals surface area contributed by atoms with Crippen LogP contribution in [0.2, 0.25) is 0 Å². The molecule has 0 spiro atoms. The molecule has 0 fully saturated rings. The van der Waals surface area contributed by atoms with Crippen LogP contribution >= 0.6 is 11.6 Å². The van der Waals surface area contributed by atoms with Crippen LogP contribution < -0.4 is 10.1 Å². The SMILES string of the molecule is Cc1oc(C(=O)NCC(C)Oc2ccccc2)cc1CCl. The highest BCUT2D eigenvalue weighted by Gasteiger charge is 2.15. The lowest BCUT2D eigenvalue weighted by atomic mass is 10.2. The lowest BCUT2D eigenvalue weighted by Crippen LogP contribution is -2.33.